The molecule has 0 aromatic carbocycles. The molecule has 3 nitrogen and oxygen atoms in total. The van der Waals surface area contributed by atoms with Crippen LogP contribution in [0.1, 0.15) is 78.6 Å². The van der Waals surface area contributed by atoms with Gasteiger partial charge in [-0.25, -0.2) is 0 Å². The first-order chi connectivity index (χ1) is 12.4. The summed E-state index contributed by atoms with van der Waals surface area (Å²) >= 11 is 0. The molecule has 4 aliphatic rings. The monoisotopic (exact) mass is 358 g/mol. The van der Waals surface area contributed by atoms with Gasteiger partial charge in [0.1, 0.15) is 5.78 Å². The molecule has 0 amide bonds. The van der Waals surface area contributed by atoms with Crippen molar-refractivity contribution >= 4 is 11.6 Å². The van der Waals surface area contributed by atoms with Gasteiger partial charge in [-0.05, 0) is 73.3 Å². The maximum Gasteiger partial charge on any atom is 0.155 e. The van der Waals surface area contributed by atoms with E-state index in [0.29, 0.717) is 30.0 Å². The molecule has 4 aliphatic carbocycles. The van der Waals surface area contributed by atoms with Crippen LogP contribution in [0.15, 0.2) is 11.6 Å². The van der Waals surface area contributed by atoms with Gasteiger partial charge in [0.05, 0.1) is 6.10 Å². The maximum absolute atomic E-state index is 12.6. The number of ether oxygens (including phenoxy) is 1. The Kier molecular flexibility index (Phi) is 4.66. The number of hydrogen-bond acceptors (Lipinski definition) is 3. The van der Waals surface area contributed by atoms with E-state index < -0.39 is 0 Å². The van der Waals surface area contributed by atoms with Crippen LogP contribution >= 0.6 is 0 Å². The minimum absolute atomic E-state index is 0.0788. The van der Waals surface area contributed by atoms with Gasteiger partial charge < -0.3 is 4.74 Å². The molecule has 0 unspecified atom stereocenters. The Morgan fingerprint density at radius 3 is 2.62 bits per heavy atom. The Morgan fingerprint density at radius 2 is 1.85 bits per heavy atom. The smallest absolute Gasteiger partial charge is 0.155 e. The van der Waals surface area contributed by atoms with Crippen LogP contribution in [0.25, 0.3) is 0 Å². The summed E-state index contributed by atoms with van der Waals surface area (Å²) in [5, 5.41) is 0. The Balaban J connectivity index is 1.68. The molecule has 0 radical (unpaired) electrons. The molecule has 0 aromatic heterocycles. The third-order valence-electron chi connectivity index (χ3n) is 8.48. The van der Waals surface area contributed by atoms with Crippen molar-refractivity contribution in [1.29, 1.82) is 0 Å². The standard InChI is InChI=1S/C23H34O3/c1-4-5-12-26-20-14-16-17-6-7-21(25)23(17,3)11-9-18(16)22(2)10-8-15(24)13-19(20)22/h13,16-18,20H,4-12,14H2,1-3H3/t16-,17-,18-,20+,22+,23-/m0/s1. The number of unbranched alkanes of at least 4 members (excludes halogenated alkanes) is 1. The molecule has 0 heterocycles. The van der Waals surface area contributed by atoms with Crippen LogP contribution in [0.5, 0.6) is 0 Å². The molecular formula is C23H34O3. The van der Waals surface area contributed by atoms with Gasteiger partial charge in [0.15, 0.2) is 5.78 Å². The van der Waals surface area contributed by atoms with Crippen molar-refractivity contribution < 1.29 is 14.3 Å². The molecule has 0 bridgehead atoms. The second kappa shape index (κ2) is 6.58. The zero-order valence-electron chi connectivity index (χ0n) is 16.7. The van der Waals surface area contributed by atoms with E-state index in [9.17, 15) is 9.59 Å². The van der Waals surface area contributed by atoms with Crippen LogP contribution in [-0.2, 0) is 14.3 Å². The highest BCUT2D eigenvalue weighted by molar-refractivity contribution is 5.92. The SMILES string of the molecule is CCCCO[C@@H]1C[C@@H]2[C@H](CC[C@]3(C)C(=O)CC[C@@H]23)[C@@]2(C)CCC(=O)C=C12. The van der Waals surface area contributed by atoms with Gasteiger partial charge in [-0.15, -0.1) is 0 Å². The van der Waals surface area contributed by atoms with Crippen molar-refractivity contribution in [3.8, 4) is 0 Å². The molecule has 3 saturated carbocycles. The number of carbonyl (C=O) groups excluding carboxylic acids is 2. The second-order valence-corrected chi connectivity index (χ2v) is 9.73. The summed E-state index contributed by atoms with van der Waals surface area (Å²) in [6, 6.07) is 0. The van der Waals surface area contributed by atoms with E-state index >= 15 is 0 Å². The molecule has 4 rings (SSSR count). The Hall–Kier alpha value is -0.960. The van der Waals surface area contributed by atoms with Crippen LogP contribution in [-0.4, -0.2) is 24.3 Å². The first-order valence-corrected chi connectivity index (χ1v) is 10.8. The normalized spacial score (nSPS) is 45.0. The summed E-state index contributed by atoms with van der Waals surface area (Å²) < 4.78 is 6.36. The fourth-order valence-electron chi connectivity index (χ4n) is 6.88. The summed E-state index contributed by atoms with van der Waals surface area (Å²) in [6.07, 6.45) is 10.9. The van der Waals surface area contributed by atoms with E-state index in [1.807, 2.05) is 6.08 Å². The number of ketones is 2. The van der Waals surface area contributed by atoms with E-state index in [1.165, 1.54) is 5.57 Å². The highest BCUT2D eigenvalue weighted by Gasteiger charge is 2.60. The van der Waals surface area contributed by atoms with E-state index in [2.05, 4.69) is 20.8 Å². The lowest BCUT2D eigenvalue weighted by Crippen LogP contribution is -2.54. The molecule has 3 fully saturated rings. The van der Waals surface area contributed by atoms with E-state index in [1.54, 1.807) is 0 Å². The Bertz CT molecular complexity index is 635. The average Bonchev–Trinajstić information content (AvgIpc) is 2.92. The molecule has 144 valence electrons. The average molecular weight is 359 g/mol. The van der Waals surface area contributed by atoms with Crippen LogP contribution < -0.4 is 0 Å². The van der Waals surface area contributed by atoms with Crippen LogP contribution in [0.3, 0.4) is 0 Å². The molecule has 0 aromatic rings. The molecule has 0 aliphatic heterocycles. The summed E-state index contributed by atoms with van der Waals surface area (Å²) in [4.78, 5) is 24.8. The highest BCUT2D eigenvalue weighted by Crippen LogP contribution is 2.64. The van der Waals surface area contributed by atoms with Gasteiger partial charge in [0, 0.05) is 24.9 Å². The molecule has 3 heteroatoms. The van der Waals surface area contributed by atoms with Crippen LogP contribution in [0, 0.1) is 28.6 Å². The number of rotatable bonds is 4. The topological polar surface area (TPSA) is 43.4 Å². The lowest BCUT2D eigenvalue weighted by Gasteiger charge is -2.58. The largest absolute Gasteiger partial charge is 0.374 e. The molecule has 0 saturated heterocycles. The zero-order valence-corrected chi connectivity index (χ0v) is 16.7. The van der Waals surface area contributed by atoms with Gasteiger partial charge in [0.25, 0.3) is 0 Å². The number of carbonyl (C=O) groups is 2. The van der Waals surface area contributed by atoms with Gasteiger partial charge in [-0.2, -0.15) is 0 Å². The van der Waals surface area contributed by atoms with E-state index in [-0.39, 0.29) is 22.7 Å². The van der Waals surface area contributed by atoms with Crippen molar-refractivity contribution in [3.63, 3.8) is 0 Å². The highest BCUT2D eigenvalue weighted by atomic mass is 16.5. The molecule has 0 spiro atoms. The maximum atomic E-state index is 12.6. The summed E-state index contributed by atoms with van der Waals surface area (Å²) in [5.74, 6) is 2.47. The van der Waals surface area contributed by atoms with Crippen molar-refractivity contribution in [2.45, 2.75) is 84.7 Å². The van der Waals surface area contributed by atoms with Crippen LogP contribution in [0.4, 0.5) is 0 Å². The first-order valence-electron chi connectivity index (χ1n) is 10.8. The summed E-state index contributed by atoms with van der Waals surface area (Å²) in [6.45, 7) is 7.58. The predicted octanol–water partition coefficient (Wildman–Crippen LogP) is 4.88. The Morgan fingerprint density at radius 1 is 1.08 bits per heavy atom. The first kappa shape index (κ1) is 18.4. The van der Waals surface area contributed by atoms with Crippen molar-refractivity contribution in [3.05, 3.63) is 11.6 Å². The number of fused-ring (bicyclic) bond motifs is 5. The third-order valence-corrected chi connectivity index (χ3v) is 8.48. The quantitative estimate of drug-likeness (QED) is 0.673. The fraction of sp³-hybridized carbons (Fsp3) is 0.826. The van der Waals surface area contributed by atoms with Gasteiger partial charge >= 0.3 is 0 Å². The molecular weight excluding hydrogens is 324 g/mol. The van der Waals surface area contributed by atoms with Gasteiger partial charge in [0.2, 0.25) is 0 Å². The lowest BCUT2D eigenvalue weighted by molar-refractivity contribution is -0.136. The molecule has 6 atom stereocenters. The third kappa shape index (κ3) is 2.65. The fourth-order valence-corrected chi connectivity index (χ4v) is 6.88. The van der Waals surface area contributed by atoms with Gasteiger partial charge in [-0.1, -0.05) is 27.2 Å². The van der Waals surface area contributed by atoms with Crippen molar-refractivity contribution in [2.75, 3.05) is 6.61 Å². The second-order valence-electron chi connectivity index (χ2n) is 9.73. The number of Topliss-reactive ketones (excluding diaryl/α,β-unsaturated/α-hetero) is 1. The predicted molar refractivity (Wildman–Crippen MR) is 102 cm³/mol. The summed E-state index contributed by atoms with van der Waals surface area (Å²) in [5.41, 5.74) is 1.26. The summed E-state index contributed by atoms with van der Waals surface area (Å²) in [7, 11) is 0. The minimum Gasteiger partial charge on any atom is -0.374 e. The number of hydrogen-bond donors (Lipinski definition) is 0. The van der Waals surface area contributed by atoms with Crippen molar-refractivity contribution in [1.82, 2.24) is 0 Å². The molecule has 26 heavy (non-hydrogen) atoms. The van der Waals surface area contributed by atoms with E-state index in [4.69, 9.17) is 4.74 Å². The van der Waals surface area contributed by atoms with Crippen molar-refractivity contribution in [2.24, 2.45) is 28.6 Å². The van der Waals surface area contributed by atoms with Gasteiger partial charge in [-0.3, -0.25) is 9.59 Å². The van der Waals surface area contributed by atoms with Crippen LogP contribution in [0.2, 0.25) is 0 Å². The van der Waals surface area contributed by atoms with E-state index in [0.717, 1.165) is 58.0 Å². The lowest BCUT2D eigenvalue weighted by atomic mass is 9.47. The minimum atomic E-state index is -0.100. The molecule has 0 N–H and O–H groups in total. The Labute approximate surface area is 157 Å². The zero-order chi connectivity index (χ0) is 18.5.